The lowest BCUT2D eigenvalue weighted by Crippen LogP contribution is -2.51. The second-order valence-corrected chi connectivity index (χ2v) is 10.3. The lowest BCUT2D eigenvalue weighted by Gasteiger charge is -2.34. The van der Waals surface area contributed by atoms with Gasteiger partial charge in [0, 0.05) is 37.5 Å². The molecule has 0 aromatic carbocycles. The molecule has 8 nitrogen and oxygen atoms in total. The second kappa shape index (κ2) is 8.39. The zero-order valence-corrected chi connectivity index (χ0v) is 17.9. The number of thiophene rings is 1. The molecule has 1 saturated heterocycles. The Balaban J connectivity index is 1.45. The van der Waals surface area contributed by atoms with Gasteiger partial charge in [0.25, 0.3) is 5.91 Å². The SMILES string of the molecule is CCS(=O)(=O)N1CCN(CC(=O)N2N=C(c3ccco3)CC2c2cccs2)CC1. The van der Waals surface area contributed by atoms with Crippen molar-refractivity contribution in [3.05, 3.63) is 46.5 Å². The van der Waals surface area contributed by atoms with E-state index in [1.54, 1.807) is 29.5 Å². The van der Waals surface area contributed by atoms with Gasteiger partial charge in [-0.25, -0.2) is 13.4 Å². The van der Waals surface area contributed by atoms with E-state index in [-0.39, 0.29) is 24.2 Å². The van der Waals surface area contributed by atoms with Gasteiger partial charge >= 0.3 is 0 Å². The fourth-order valence-electron chi connectivity index (χ4n) is 3.65. The smallest absolute Gasteiger partial charge is 0.257 e. The minimum absolute atomic E-state index is 0.0863. The van der Waals surface area contributed by atoms with E-state index in [4.69, 9.17) is 4.42 Å². The molecule has 156 valence electrons. The summed E-state index contributed by atoms with van der Waals surface area (Å²) in [7, 11) is -3.18. The van der Waals surface area contributed by atoms with Crippen LogP contribution in [-0.4, -0.2) is 72.7 Å². The Morgan fingerprint density at radius 1 is 1.24 bits per heavy atom. The third kappa shape index (κ3) is 4.30. The Bertz CT molecular complexity index is 962. The standard InChI is InChI=1S/C19H24N4O4S2/c1-2-29(25,26)22-9-7-21(8-10-22)14-19(24)23-16(18-6-4-12-28-18)13-15(20-23)17-5-3-11-27-17/h3-6,11-12,16H,2,7-10,13-14H2,1H3. The third-order valence-electron chi connectivity index (χ3n) is 5.29. The topological polar surface area (TPSA) is 86.4 Å². The van der Waals surface area contributed by atoms with Gasteiger partial charge in [-0.3, -0.25) is 9.69 Å². The van der Waals surface area contributed by atoms with Gasteiger partial charge in [-0.15, -0.1) is 11.3 Å². The summed E-state index contributed by atoms with van der Waals surface area (Å²) in [5, 5.41) is 8.15. The number of piperazine rings is 1. The van der Waals surface area contributed by atoms with Crippen molar-refractivity contribution in [3.8, 4) is 0 Å². The molecule has 29 heavy (non-hydrogen) atoms. The molecule has 1 fully saturated rings. The Kier molecular flexibility index (Phi) is 5.86. The molecular formula is C19H24N4O4S2. The lowest BCUT2D eigenvalue weighted by atomic mass is 10.1. The molecule has 0 N–H and O–H groups in total. The van der Waals surface area contributed by atoms with Crippen LogP contribution in [-0.2, 0) is 14.8 Å². The number of hydrogen-bond donors (Lipinski definition) is 0. The summed E-state index contributed by atoms with van der Waals surface area (Å²) in [6.07, 6.45) is 2.22. The van der Waals surface area contributed by atoms with Crippen molar-refractivity contribution in [1.29, 1.82) is 0 Å². The quantitative estimate of drug-likeness (QED) is 0.691. The van der Waals surface area contributed by atoms with Crippen LogP contribution >= 0.6 is 11.3 Å². The number of carbonyl (C=O) groups is 1. The maximum absolute atomic E-state index is 13.1. The molecule has 0 bridgehead atoms. The molecule has 1 unspecified atom stereocenters. The Hall–Kier alpha value is -2.01. The molecule has 4 heterocycles. The number of hydrazone groups is 1. The first-order valence-electron chi connectivity index (χ1n) is 9.65. The molecule has 2 aromatic heterocycles. The fourth-order valence-corrected chi connectivity index (χ4v) is 5.54. The summed E-state index contributed by atoms with van der Waals surface area (Å²) in [6, 6.07) is 7.52. The molecule has 1 amide bonds. The minimum atomic E-state index is -3.18. The molecule has 1 atom stereocenters. The van der Waals surface area contributed by atoms with E-state index < -0.39 is 10.0 Å². The highest BCUT2D eigenvalue weighted by molar-refractivity contribution is 7.89. The van der Waals surface area contributed by atoms with Gasteiger partial charge in [0.05, 0.1) is 24.6 Å². The van der Waals surface area contributed by atoms with Crippen molar-refractivity contribution in [2.24, 2.45) is 5.10 Å². The first-order chi connectivity index (χ1) is 14.0. The summed E-state index contributed by atoms with van der Waals surface area (Å²) < 4.78 is 31.0. The van der Waals surface area contributed by atoms with Gasteiger partial charge in [-0.05, 0) is 30.5 Å². The monoisotopic (exact) mass is 436 g/mol. The third-order valence-corrected chi connectivity index (χ3v) is 8.15. The van der Waals surface area contributed by atoms with Crippen molar-refractivity contribution in [1.82, 2.24) is 14.2 Å². The predicted octanol–water partition coefficient (Wildman–Crippen LogP) is 1.99. The summed E-state index contributed by atoms with van der Waals surface area (Å²) in [6.45, 7) is 3.78. The van der Waals surface area contributed by atoms with Crippen LogP contribution in [0, 0.1) is 0 Å². The predicted molar refractivity (Wildman–Crippen MR) is 111 cm³/mol. The highest BCUT2D eigenvalue weighted by Gasteiger charge is 2.36. The average molecular weight is 437 g/mol. The Morgan fingerprint density at radius 3 is 2.66 bits per heavy atom. The molecule has 0 radical (unpaired) electrons. The average Bonchev–Trinajstić information content (AvgIpc) is 3.49. The van der Waals surface area contributed by atoms with Crippen molar-refractivity contribution in [2.75, 3.05) is 38.5 Å². The number of hydrogen-bond acceptors (Lipinski definition) is 7. The lowest BCUT2D eigenvalue weighted by molar-refractivity contribution is -0.134. The number of carbonyl (C=O) groups excluding carboxylic acids is 1. The number of furan rings is 1. The number of rotatable bonds is 6. The van der Waals surface area contributed by atoms with Crippen molar-refractivity contribution < 1.29 is 17.6 Å². The van der Waals surface area contributed by atoms with Gasteiger partial charge in [-0.2, -0.15) is 9.41 Å². The van der Waals surface area contributed by atoms with Crippen molar-refractivity contribution in [3.63, 3.8) is 0 Å². The molecule has 0 saturated carbocycles. The summed E-state index contributed by atoms with van der Waals surface area (Å²) in [5.74, 6) is 0.698. The van der Waals surface area contributed by atoms with Crippen LogP contribution < -0.4 is 0 Å². The van der Waals surface area contributed by atoms with Crippen LogP contribution in [0.5, 0.6) is 0 Å². The largest absolute Gasteiger partial charge is 0.463 e. The maximum atomic E-state index is 13.1. The van der Waals surface area contributed by atoms with Crippen LogP contribution in [0.1, 0.15) is 30.0 Å². The van der Waals surface area contributed by atoms with E-state index in [1.807, 2.05) is 34.5 Å². The van der Waals surface area contributed by atoms with Crippen LogP contribution in [0.3, 0.4) is 0 Å². The van der Waals surface area contributed by atoms with E-state index in [0.717, 1.165) is 10.6 Å². The van der Waals surface area contributed by atoms with Crippen LogP contribution in [0.25, 0.3) is 0 Å². The number of nitrogens with zero attached hydrogens (tertiary/aromatic N) is 4. The molecular weight excluding hydrogens is 412 g/mol. The van der Waals surface area contributed by atoms with Gasteiger partial charge in [-0.1, -0.05) is 6.07 Å². The van der Waals surface area contributed by atoms with Crippen molar-refractivity contribution >= 4 is 33.0 Å². The van der Waals surface area contributed by atoms with E-state index >= 15 is 0 Å². The molecule has 2 aliphatic heterocycles. The zero-order chi connectivity index (χ0) is 20.4. The van der Waals surface area contributed by atoms with E-state index in [0.29, 0.717) is 38.4 Å². The highest BCUT2D eigenvalue weighted by Crippen LogP contribution is 2.35. The van der Waals surface area contributed by atoms with Crippen molar-refractivity contribution in [2.45, 2.75) is 19.4 Å². The minimum Gasteiger partial charge on any atom is -0.463 e. The summed E-state index contributed by atoms with van der Waals surface area (Å²) >= 11 is 1.61. The fraction of sp³-hybridized carbons (Fsp3) is 0.474. The van der Waals surface area contributed by atoms with Gasteiger partial charge in [0.15, 0.2) is 0 Å². The van der Waals surface area contributed by atoms with Crippen LogP contribution in [0.2, 0.25) is 0 Å². The Morgan fingerprint density at radius 2 is 2.03 bits per heavy atom. The molecule has 4 rings (SSSR count). The molecule has 0 aliphatic carbocycles. The summed E-state index contributed by atoms with van der Waals surface area (Å²) in [5.41, 5.74) is 0.764. The number of amides is 1. The molecule has 0 spiro atoms. The molecule has 10 heteroatoms. The van der Waals surface area contributed by atoms with Gasteiger partial charge in [0.2, 0.25) is 10.0 Å². The van der Waals surface area contributed by atoms with Gasteiger partial charge in [0.1, 0.15) is 11.5 Å². The van der Waals surface area contributed by atoms with Gasteiger partial charge < -0.3 is 4.42 Å². The first-order valence-corrected chi connectivity index (χ1v) is 12.1. The highest BCUT2D eigenvalue weighted by atomic mass is 32.2. The molecule has 2 aliphatic rings. The van der Waals surface area contributed by atoms with E-state index in [1.165, 1.54) is 4.31 Å². The second-order valence-electron chi connectivity index (χ2n) is 7.07. The maximum Gasteiger partial charge on any atom is 0.257 e. The number of sulfonamides is 1. The normalized spacial score (nSPS) is 21.5. The zero-order valence-electron chi connectivity index (χ0n) is 16.2. The molecule has 2 aromatic rings. The Labute approximate surface area is 174 Å². The van der Waals surface area contributed by atoms with Crippen LogP contribution in [0.4, 0.5) is 0 Å². The van der Waals surface area contributed by atoms with E-state index in [9.17, 15) is 13.2 Å². The first kappa shape index (κ1) is 20.3. The van der Waals surface area contributed by atoms with Crippen LogP contribution in [0.15, 0.2) is 45.4 Å². The van der Waals surface area contributed by atoms with E-state index in [2.05, 4.69) is 5.10 Å². The summed E-state index contributed by atoms with van der Waals surface area (Å²) in [4.78, 5) is 16.2.